The summed E-state index contributed by atoms with van der Waals surface area (Å²) < 4.78 is 46.1. The van der Waals surface area contributed by atoms with Crippen molar-refractivity contribution in [2.24, 2.45) is 0 Å². The molecule has 0 bridgehead atoms. The number of halogens is 2. The number of benzene rings is 1. The van der Waals surface area contributed by atoms with E-state index in [0.29, 0.717) is 28.0 Å². The van der Waals surface area contributed by atoms with E-state index in [1.165, 1.54) is 23.1 Å². The quantitative estimate of drug-likeness (QED) is 0.418. The number of pyridine rings is 1. The van der Waals surface area contributed by atoms with Gasteiger partial charge in [-0.05, 0) is 45.0 Å². The van der Waals surface area contributed by atoms with Crippen LogP contribution in [-0.4, -0.2) is 71.1 Å². The zero-order valence-corrected chi connectivity index (χ0v) is 22.4. The number of carbonyl (C=O) groups excluding carboxylic acids is 2. The van der Waals surface area contributed by atoms with Crippen LogP contribution in [0.4, 0.5) is 23.7 Å². The largest absolute Gasteiger partial charge is 0.496 e. The van der Waals surface area contributed by atoms with E-state index in [2.05, 4.69) is 15.6 Å². The fourth-order valence-corrected chi connectivity index (χ4v) is 4.47. The van der Waals surface area contributed by atoms with E-state index in [4.69, 9.17) is 14.2 Å². The second kappa shape index (κ2) is 10.6. The summed E-state index contributed by atoms with van der Waals surface area (Å²) in [5.74, 6) is 1.21. The fourth-order valence-electron chi connectivity index (χ4n) is 4.12. The van der Waals surface area contributed by atoms with Crippen LogP contribution < -0.4 is 20.1 Å². The second-order valence-corrected chi connectivity index (χ2v) is 10.4. The van der Waals surface area contributed by atoms with E-state index in [0.717, 1.165) is 0 Å². The van der Waals surface area contributed by atoms with Gasteiger partial charge in [0.25, 0.3) is 0 Å². The Labute approximate surface area is 223 Å². The molecular formula is C25H29F2N5O5S. The van der Waals surface area contributed by atoms with E-state index in [1.807, 2.05) is 0 Å². The number of methoxy groups -OCH3 is 2. The molecule has 2 N–H and O–H groups in total. The van der Waals surface area contributed by atoms with Gasteiger partial charge in [-0.25, -0.2) is 22.9 Å². The predicted molar refractivity (Wildman–Crippen MR) is 141 cm³/mol. The topological polar surface area (TPSA) is 107 Å². The van der Waals surface area contributed by atoms with Crippen LogP contribution in [0.15, 0.2) is 36.5 Å². The molecule has 3 amide bonds. The molecule has 10 nitrogen and oxygen atoms in total. The smallest absolute Gasteiger partial charge is 0.410 e. The first-order chi connectivity index (χ1) is 18.0. The average Bonchev–Trinajstić information content (AvgIpc) is 3.21. The molecule has 1 aromatic carbocycles. The molecule has 0 radical (unpaired) electrons. The van der Waals surface area contributed by atoms with Crippen molar-refractivity contribution in [3.05, 3.63) is 36.5 Å². The number of hydrogen-bond donors (Lipinski definition) is 2. The number of fused-ring (bicyclic) bond motifs is 1. The molecule has 1 saturated heterocycles. The van der Waals surface area contributed by atoms with Gasteiger partial charge in [0.05, 0.1) is 39.4 Å². The number of urea groups is 1. The highest BCUT2D eigenvalue weighted by atomic mass is 32.2. The molecule has 13 heteroatoms. The minimum Gasteiger partial charge on any atom is -0.496 e. The summed E-state index contributed by atoms with van der Waals surface area (Å²) in [6.45, 7) is 4.48. The molecule has 0 spiro atoms. The molecule has 2 aromatic heterocycles. The van der Waals surface area contributed by atoms with Gasteiger partial charge in [0, 0.05) is 17.1 Å². The molecule has 1 aliphatic rings. The summed E-state index contributed by atoms with van der Waals surface area (Å²) in [5, 5.41) is 5.59. The van der Waals surface area contributed by atoms with Crippen molar-refractivity contribution >= 4 is 41.3 Å². The molecule has 0 aliphatic carbocycles. The Morgan fingerprint density at radius 2 is 1.79 bits per heavy atom. The number of hydrogen-bond acceptors (Lipinski definition) is 7. The molecule has 3 aromatic rings. The van der Waals surface area contributed by atoms with Gasteiger partial charge in [0.15, 0.2) is 23.6 Å². The maximum absolute atomic E-state index is 14.9. The number of nitrogens with one attached hydrogen (secondary N) is 2. The van der Waals surface area contributed by atoms with Crippen molar-refractivity contribution in [2.45, 2.75) is 32.0 Å². The summed E-state index contributed by atoms with van der Waals surface area (Å²) in [4.78, 5) is 30.1. The number of carbonyl (C=O) groups is 2. The number of rotatable bonds is 7. The van der Waals surface area contributed by atoms with E-state index in [-0.39, 0.29) is 43.4 Å². The molecular weight excluding hydrogens is 520 g/mol. The molecule has 0 unspecified atom stereocenters. The number of amides is 3. The summed E-state index contributed by atoms with van der Waals surface area (Å²) in [6, 6.07) is 7.87. The first-order valence-electron chi connectivity index (χ1n) is 11.7. The van der Waals surface area contributed by atoms with Crippen molar-refractivity contribution in [1.82, 2.24) is 19.2 Å². The molecule has 3 heterocycles. The van der Waals surface area contributed by atoms with Crippen molar-refractivity contribution in [3.63, 3.8) is 0 Å². The van der Waals surface area contributed by atoms with Gasteiger partial charge < -0.3 is 24.4 Å². The summed E-state index contributed by atoms with van der Waals surface area (Å²) in [7, 11) is 3.06. The van der Waals surface area contributed by atoms with Crippen LogP contribution in [0.5, 0.6) is 11.5 Å². The van der Waals surface area contributed by atoms with Crippen LogP contribution in [0.25, 0.3) is 22.2 Å². The highest BCUT2D eigenvalue weighted by Gasteiger charge is 2.47. The molecule has 0 saturated carbocycles. The third-order valence-electron chi connectivity index (χ3n) is 5.80. The summed E-state index contributed by atoms with van der Waals surface area (Å²) in [5.41, 5.74) is -0.939. The number of nitrogens with zero attached hydrogens (tertiary/aromatic N) is 3. The van der Waals surface area contributed by atoms with Crippen molar-refractivity contribution in [2.75, 3.05) is 39.2 Å². The van der Waals surface area contributed by atoms with Gasteiger partial charge in [-0.3, -0.25) is 5.32 Å². The van der Waals surface area contributed by atoms with E-state index in [1.54, 1.807) is 57.3 Å². The van der Waals surface area contributed by atoms with Crippen LogP contribution in [0, 0.1) is 0 Å². The normalized spacial score (nSPS) is 14.6. The van der Waals surface area contributed by atoms with Crippen molar-refractivity contribution < 1.29 is 32.1 Å². The van der Waals surface area contributed by atoms with E-state index in [9.17, 15) is 17.9 Å². The number of ether oxygens (including phenoxy) is 3. The van der Waals surface area contributed by atoms with Gasteiger partial charge in [0.1, 0.15) is 22.9 Å². The lowest BCUT2D eigenvalue weighted by Gasteiger charge is -2.44. The first-order valence-corrected chi connectivity index (χ1v) is 12.4. The Hall–Kier alpha value is -3.74. The van der Waals surface area contributed by atoms with Crippen LogP contribution >= 0.6 is 12.3 Å². The molecule has 0 atom stereocenters. The van der Waals surface area contributed by atoms with Gasteiger partial charge >= 0.3 is 12.1 Å². The Morgan fingerprint density at radius 1 is 1.13 bits per heavy atom. The summed E-state index contributed by atoms with van der Waals surface area (Å²) in [6.07, 6.45) is 0.957. The number of alkyl halides is 1. The van der Waals surface area contributed by atoms with Crippen LogP contribution in [-0.2, 0) is 4.74 Å². The lowest BCUT2D eigenvalue weighted by molar-refractivity contribution is -0.0483. The minimum atomic E-state index is -1.77. The molecule has 38 heavy (non-hydrogen) atoms. The van der Waals surface area contributed by atoms with E-state index >= 15 is 0 Å². The Kier molecular flexibility index (Phi) is 7.58. The first kappa shape index (κ1) is 27.3. The summed E-state index contributed by atoms with van der Waals surface area (Å²) >= 11 is -0.0496. The lowest BCUT2D eigenvalue weighted by atomic mass is 9.97. The monoisotopic (exact) mass is 549 g/mol. The third-order valence-corrected chi connectivity index (χ3v) is 6.23. The number of likely N-dealkylation sites (tertiary alicyclic amines) is 1. The van der Waals surface area contributed by atoms with Crippen molar-refractivity contribution in [3.8, 4) is 22.6 Å². The maximum atomic E-state index is 14.9. The average molecular weight is 550 g/mol. The molecule has 1 fully saturated rings. The Morgan fingerprint density at radius 3 is 2.37 bits per heavy atom. The highest BCUT2D eigenvalue weighted by molar-refractivity contribution is 7.92. The second-order valence-electron chi connectivity index (χ2n) is 9.84. The van der Waals surface area contributed by atoms with Crippen LogP contribution in [0.2, 0.25) is 0 Å². The van der Waals surface area contributed by atoms with E-state index < -0.39 is 23.4 Å². The lowest BCUT2D eigenvalue weighted by Crippen LogP contribution is -2.65. The fraction of sp³-hybridized carbons (Fsp3) is 0.400. The number of aromatic nitrogens is 2. The highest BCUT2D eigenvalue weighted by Crippen LogP contribution is 2.43. The molecule has 4 rings (SSSR count). The Bertz CT molecular complexity index is 1330. The van der Waals surface area contributed by atoms with Gasteiger partial charge in [0.2, 0.25) is 0 Å². The zero-order valence-electron chi connectivity index (χ0n) is 21.6. The van der Waals surface area contributed by atoms with Crippen LogP contribution in [0.3, 0.4) is 0 Å². The van der Waals surface area contributed by atoms with Gasteiger partial charge in [-0.2, -0.15) is 0 Å². The van der Waals surface area contributed by atoms with Gasteiger partial charge in [-0.15, -0.1) is 3.89 Å². The van der Waals surface area contributed by atoms with Crippen LogP contribution in [0.1, 0.15) is 20.8 Å². The van der Waals surface area contributed by atoms with Crippen molar-refractivity contribution in [1.29, 1.82) is 0 Å². The molecule has 1 aliphatic heterocycles. The van der Waals surface area contributed by atoms with Gasteiger partial charge in [-0.1, -0.05) is 6.07 Å². The zero-order chi connectivity index (χ0) is 27.7. The number of anilines is 1. The standard InChI is InChI=1S/C25H29F2N5O5S/c1-24(2,3)37-23(34)31-13-25(26,14-31)12-28-22(33)30-19-10-9-15-16(11-32(38-27)21(15)29-19)20-17(35-4)7-6-8-18(20)36-5/h6-11H,12-14H2,1-5H3,(H2,28,29,30,33). The maximum Gasteiger partial charge on any atom is 0.410 e. The SMILES string of the molecule is COc1cccc(OC)c1-c1cn(SF)c2nc(NC(=O)NCC3(F)CN(C(=O)OC(C)(C)C)C3)ccc12. The predicted octanol–water partition coefficient (Wildman–Crippen LogP) is 5.18. The minimum absolute atomic E-state index is 0.0496. The molecule has 204 valence electrons. The third kappa shape index (κ3) is 5.72. The Balaban J connectivity index is 1.45.